The van der Waals surface area contributed by atoms with Gasteiger partial charge in [-0.05, 0) is 24.3 Å². The molecule has 2 aromatic heterocycles. The number of methoxy groups -OCH3 is 1. The SMILES string of the molecule is COc1cccc2cc(-c3cc(C(=O)O)ccn3)[nH]c12. The number of carboxylic acids is 1. The molecular formula is C15H12N2O3. The maximum Gasteiger partial charge on any atom is 0.335 e. The number of aromatic carboxylic acids is 1. The molecule has 3 aromatic rings. The van der Waals surface area contributed by atoms with E-state index in [4.69, 9.17) is 9.84 Å². The maximum atomic E-state index is 11.0. The van der Waals surface area contributed by atoms with E-state index in [9.17, 15) is 4.79 Å². The number of benzene rings is 1. The Morgan fingerprint density at radius 3 is 2.90 bits per heavy atom. The molecule has 20 heavy (non-hydrogen) atoms. The molecular weight excluding hydrogens is 256 g/mol. The van der Waals surface area contributed by atoms with Crippen molar-refractivity contribution in [2.45, 2.75) is 0 Å². The highest BCUT2D eigenvalue weighted by Crippen LogP contribution is 2.29. The lowest BCUT2D eigenvalue weighted by atomic mass is 10.2. The molecule has 0 unspecified atom stereocenters. The number of pyridine rings is 1. The van der Waals surface area contributed by atoms with E-state index in [1.165, 1.54) is 12.3 Å². The smallest absolute Gasteiger partial charge is 0.335 e. The van der Waals surface area contributed by atoms with Crippen LogP contribution in [0.5, 0.6) is 5.75 Å². The number of nitrogens with one attached hydrogen (secondary N) is 1. The lowest BCUT2D eigenvalue weighted by Gasteiger charge is -2.00. The largest absolute Gasteiger partial charge is 0.495 e. The zero-order valence-electron chi connectivity index (χ0n) is 10.8. The highest BCUT2D eigenvalue weighted by molar-refractivity contribution is 5.92. The molecule has 0 amide bonds. The number of rotatable bonds is 3. The second kappa shape index (κ2) is 4.70. The third-order valence-electron chi connectivity index (χ3n) is 3.12. The van der Waals surface area contributed by atoms with Gasteiger partial charge in [0, 0.05) is 11.6 Å². The summed E-state index contributed by atoms with van der Waals surface area (Å²) in [6, 6.07) is 10.7. The number of hydrogen-bond acceptors (Lipinski definition) is 3. The second-order valence-corrected chi connectivity index (χ2v) is 4.34. The van der Waals surface area contributed by atoms with Gasteiger partial charge in [-0.15, -0.1) is 0 Å². The molecule has 2 heterocycles. The van der Waals surface area contributed by atoms with Crippen molar-refractivity contribution in [2.75, 3.05) is 7.11 Å². The van der Waals surface area contributed by atoms with E-state index in [0.717, 1.165) is 22.3 Å². The Morgan fingerprint density at radius 1 is 1.30 bits per heavy atom. The van der Waals surface area contributed by atoms with E-state index in [1.54, 1.807) is 13.2 Å². The number of carboxylic acid groups (broad SMARTS) is 1. The number of hydrogen-bond donors (Lipinski definition) is 2. The van der Waals surface area contributed by atoms with Crippen molar-refractivity contribution in [3.63, 3.8) is 0 Å². The van der Waals surface area contributed by atoms with Gasteiger partial charge in [0.05, 0.1) is 29.6 Å². The molecule has 5 heteroatoms. The Labute approximate surface area is 114 Å². The normalized spacial score (nSPS) is 10.7. The number of nitrogens with zero attached hydrogens (tertiary/aromatic N) is 1. The van der Waals surface area contributed by atoms with Gasteiger partial charge in [-0.25, -0.2) is 4.79 Å². The van der Waals surface area contributed by atoms with Crippen LogP contribution in [0.3, 0.4) is 0 Å². The molecule has 1 aromatic carbocycles. The van der Waals surface area contributed by atoms with Crippen LogP contribution in [0.25, 0.3) is 22.3 Å². The summed E-state index contributed by atoms with van der Waals surface area (Å²) in [4.78, 5) is 18.4. The minimum Gasteiger partial charge on any atom is -0.495 e. The zero-order chi connectivity index (χ0) is 14.1. The first-order valence-electron chi connectivity index (χ1n) is 6.04. The summed E-state index contributed by atoms with van der Waals surface area (Å²) in [6.45, 7) is 0. The van der Waals surface area contributed by atoms with E-state index < -0.39 is 5.97 Å². The van der Waals surface area contributed by atoms with Crippen LogP contribution in [0.4, 0.5) is 0 Å². The highest BCUT2D eigenvalue weighted by atomic mass is 16.5. The van der Waals surface area contributed by atoms with Gasteiger partial charge in [-0.3, -0.25) is 4.98 Å². The number of aromatic nitrogens is 2. The predicted molar refractivity (Wildman–Crippen MR) is 75.0 cm³/mol. The fourth-order valence-electron chi connectivity index (χ4n) is 2.15. The standard InChI is InChI=1S/C15H12N2O3/c1-20-13-4-2-3-9-7-12(17-14(9)13)11-8-10(15(18)19)5-6-16-11/h2-8,17H,1H3,(H,18,19). The van der Waals surface area contributed by atoms with Crippen molar-refractivity contribution in [1.82, 2.24) is 9.97 Å². The van der Waals surface area contributed by atoms with E-state index in [2.05, 4.69) is 9.97 Å². The van der Waals surface area contributed by atoms with Crippen LogP contribution in [0.15, 0.2) is 42.6 Å². The first kappa shape index (κ1) is 12.2. The quantitative estimate of drug-likeness (QED) is 0.765. The first-order chi connectivity index (χ1) is 9.69. The molecule has 0 atom stereocenters. The van der Waals surface area contributed by atoms with E-state index >= 15 is 0 Å². The van der Waals surface area contributed by atoms with Crippen molar-refractivity contribution >= 4 is 16.9 Å². The molecule has 0 saturated carbocycles. The van der Waals surface area contributed by atoms with Crippen molar-refractivity contribution in [1.29, 1.82) is 0 Å². The Morgan fingerprint density at radius 2 is 2.15 bits per heavy atom. The van der Waals surface area contributed by atoms with Crippen LogP contribution in [0.2, 0.25) is 0 Å². The molecule has 2 N–H and O–H groups in total. The summed E-state index contributed by atoms with van der Waals surface area (Å²) in [5.74, 6) is -0.231. The summed E-state index contributed by atoms with van der Waals surface area (Å²) in [7, 11) is 1.61. The average molecular weight is 268 g/mol. The number of H-pyrrole nitrogens is 1. The topological polar surface area (TPSA) is 75.2 Å². The average Bonchev–Trinajstić information content (AvgIpc) is 2.91. The lowest BCUT2D eigenvalue weighted by molar-refractivity contribution is 0.0697. The van der Waals surface area contributed by atoms with E-state index in [0.29, 0.717) is 5.69 Å². The van der Waals surface area contributed by atoms with Crippen molar-refractivity contribution < 1.29 is 14.6 Å². The lowest BCUT2D eigenvalue weighted by Crippen LogP contribution is -1.97. The monoisotopic (exact) mass is 268 g/mol. The predicted octanol–water partition coefficient (Wildman–Crippen LogP) is 2.94. The zero-order valence-corrected chi connectivity index (χ0v) is 10.8. The summed E-state index contributed by atoms with van der Waals surface area (Å²) >= 11 is 0. The summed E-state index contributed by atoms with van der Waals surface area (Å²) in [5, 5.41) is 10.0. The van der Waals surface area contributed by atoms with Gasteiger partial charge >= 0.3 is 5.97 Å². The van der Waals surface area contributed by atoms with Crippen LogP contribution >= 0.6 is 0 Å². The fourth-order valence-corrected chi connectivity index (χ4v) is 2.15. The number of para-hydroxylation sites is 1. The molecule has 0 radical (unpaired) electrons. The van der Waals surface area contributed by atoms with E-state index in [-0.39, 0.29) is 5.56 Å². The number of carbonyl (C=O) groups is 1. The van der Waals surface area contributed by atoms with Crippen molar-refractivity contribution in [3.05, 3.63) is 48.2 Å². The fraction of sp³-hybridized carbons (Fsp3) is 0.0667. The van der Waals surface area contributed by atoms with Crippen LogP contribution < -0.4 is 4.74 Å². The van der Waals surface area contributed by atoms with Gasteiger partial charge in [-0.1, -0.05) is 12.1 Å². The summed E-state index contributed by atoms with van der Waals surface area (Å²) < 4.78 is 5.29. The molecule has 0 aliphatic rings. The number of aromatic amines is 1. The third-order valence-corrected chi connectivity index (χ3v) is 3.12. The molecule has 0 saturated heterocycles. The molecule has 0 bridgehead atoms. The molecule has 0 aliphatic carbocycles. The van der Waals surface area contributed by atoms with Crippen molar-refractivity contribution in [2.24, 2.45) is 0 Å². The molecule has 3 rings (SSSR count). The van der Waals surface area contributed by atoms with Crippen LogP contribution in [0, 0.1) is 0 Å². The first-order valence-corrected chi connectivity index (χ1v) is 6.04. The van der Waals surface area contributed by atoms with Gasteiger partial charge in [0.15, 0.2) is 0 Å². The summed E-state index contributed by atoms with van der Waals surface area (Å²) in [6.07, 6.45) is 1.49. The van der Waals surface area contributed by atoms with Crippen LogP contribution in [0.1, 0.15) is 10.4 Å². The molecule has 0 spiro atoms. The number of fused-ring (bicyclic) bond motifs is 1. The third kappa shape index (κ3) is 1.99. The maximum absolute atomic E-state index is 11.0. The van der Waals surface area contributed by atoms with Crippen LogP contribution in [-0.2, 0) is 0 Å². The van der Waals surface area contributed by atoms with Gasteiger partial charge in [0.2, 0.25) is 0 Å². The summed E-state index contributed by atoms with van der Waals surface area (Å²) in [5.41, 5.74) is 2.42. The molecule has 100 valence electrons. The minimum atomic E-state index is -0.970. The number of ether oxygens (including phenoxy) is 1. The molecule has 5 nitrogen and oxygen atoms in total. The Kier molecular flexibility index (Phi) is 2.87. The van der Waals surface area contributed by atoms with E-state index in [1.807, 2.05) is 24.3 Å². The molecule has 0 aliphatic heterocycles. The Hall–Kier alpha value is -2.82. The van der Waals surface area contributed by atoms with Gasteiger partial charge in [0.1, 0.15) is 5.75 Å². The second-order valence-electron chi connectivity index (χ2n) is 4.34. The van der Waals surface area contributed by atoms with Gasteiger partial charge < -0.3 is 14.8 Å². The van der Waals surface area contributed by atoms with Crippen molar-refractivity contribution in [3.8, 4) is 17.1 Å². The van der Waals surface area contributed by atoms with Gasteiger partial charge in [0.25, 0.3) is 0 Å². The highest BCUT2D eigenvalue weighted by Gasteiger charge is 2.10. The van der Waals surface area contributed by atoms with Crippen LogP contribution in [-0.4, -0.2) is 28.2 Å². The minimum absolute atomic E-state index is 0.209. The Bertz CT molecular complexity index is 793. The Balaban J connectivity index is 2.15. The molecule has 0 fully saturated rings. The van der Waals surface area contributed by atoms with Gasteiger partial charge in [-0.2, -0.15) is 0 Å².